The number of carbonyl (C=O) groups excluding carboxylic acids is 2. The minimum absolute atomic E-state index is 0.0255. The monoisotopic (exact) mass is 571 g/mol. The Morgan fingerprint density at radius 3 is 2.21 bits per heavy atom. The number of rotatable bonds is 13. The van der Waals surface area contributed by atoms with Crippen LogP contribution in [0.3, 0.4) is 0 Å². The molecule has 3 aromatic carbocycles. The number of ether oxygens (including phenoxy) is 1. The van der Waals surface area contributed by atoms with Gasteiger partial charge in [0.25, 0.3) is 10.0 Å². The van der Waals surface area contributed by atoms with Crippen LogP contribution in [0.15, 0.2) is 83.8 Å². The number of hydrogen-bond acceptors (Lipinski definition) is 5. The summed E-state index contributed by atoms with van der Waals surface area (Å²) < 4.78 is 34.6. The summed E-state index contributed by atoms with van der Waals surface area (Å²) in [7, 11) is -4.19. The van der Waals surface area contributed by atoms with Crippen LogP contribution in [-0.2, 0) is 26.2 Å². The van der Waals surface area contributed by atoms with E-state index in [4.69, 9.17) is 16.3 Å². The average molecular weight is 572 g/mol. The maximum Gasteiger partial charge on any atom is 0.264 e. The van der Waals surface area contributed by atoms with Gasteiger partial charge < -0.3 is 15.0 Å². The number of sulfonamides is 1. The fraction of sp³-hybridized carbons (Fsp3) is 0.310. The van der Waals surface area contributed by atoms with E-state index in [-0.39, 0.29) is 23.0 Å². The lowest BCUT2D eigenvalue weighted by molar-refractivity contribution is -0.140. The van der Waals surface area contributed by atoms with Gasteiger partial charge in [-0.05, 0) is 56.2 Å². The zero-order chi connectivity index (χ0) is 28.4. The molecule has 0 saturated carbocycles. The zero-order valence-corrected chi connectivity index (χ0v) is 23.9. The van der Waals surface area contributed by atoms with E-state index in [2.05, 4.69) is 5.32 Å². The van der Waals surface area contributed by atoms with E-state index in [0.717, 1.165) is 4.31 Å². The third-order valence-corrected chi connectivity index (χ3v) is 8.22. The van der Waals surface area contributed by atoms with E-state index in [1.807, 2.05) is 0 Å². The molecule has 0 fully saturated rings. The average Bonchev–Trinajstić information content (AvgIpc) is 2.93. The molecule has 0 radical (unpaired) electrons. The Bertz CT molecular complexity index is 1370. The van der Waals surface area contributed by atoms with E-state index < -0.39 is 28.5 Å². The van der Waals surface area contributed by atoms with Crippen molar-refractivity contribution >= 4 is 39.1 Å². The fourth-order valence-corrected chi connectivity index (χ4v) is 5.84. The van der Waals surface area contributed by atoms with Crippen molar-refractivity contribution in [1.29, 1.82) is 0 Å². The predicted molar refractivity (Wildman–Crippen MR) is 153 cm³/mol. The molecule has 0 aromatic heterocycles. The number of para-hydroxylation sites is 2. The molecule has 3 rings (SSSR count). The lowest BCUT2D eigenvalue weighted by atomic mass is 10.1. The van der Waals surface area contributed by atoms with E-state index in [1.54, 1.807) is 87.5 Å². The van der Waals surface area contributed by atoms with Gasteiger partial charge in [-0.25, -0.2) is 8.42 Å². The van der Waals surface area contributed by atoms with Crippen LogP contribution in [0, 0.1) is 0 Å². The van der Waals surface area contributed by atoms with Crippen LogP contribution >= 0.6 is 11.6 Å². The van der Waals surface area contributed by atoms with Gasteiger partial charge in [-0.15, -0.1) is 0 Å². The normalized spacial score (nSPS) is 11.9. The molecular weight excluding hydrogens is 538 g/mol. The van der Waals surface area contributed by atoms with Gasteiger partial charge in [0.1, 0.15) is 18.3 Å². The van der Waals surface area contributed by atoms with Gasteiger partial charge >= 0.3 is 0 Å². The summed E-state index contributed by atoms with van der Waals surface area (Å²) in [5.41, 5.74) is 0.864. The molecule has 39 heavy (non-hydrogen) atoms. The van der Waals surface area contributed by atoms with Crippen LogP contribution in [0.1, 0.15) is 32.8 Å². The molecular formula is C29H34ClN3O5S. The van der Waals surface area contributed by atoms with E-state index in [0.29, 0.717) is 35.9 Å². The van der Waals surface area contributed by atoms with Crippen LogP contribution in [-0.4, -0.2) is 50.9 Å². The smallest absolute Gasteiger partial charge is 0.264 e. The van der Waals surface area contributed by atoms with E-state index >= 15 is 0 Å². The van der Waals surface area contributed by atoms with Gasteiger partial charge in [0, 0.05) is 18.1 Å². The Morgan fingerprint density at radius 1 is 0.923 bits per heavy atom. The second kappa shape index (κ2) is 14.0. The third-order valence-electron chi connectivity index (χ3n) is 6.08. The number of benzene rings is 3. The summed E-state index contributed by atoms with van der Waals surface area (Å²) >= 11 is 6.41. The maximum absolute atomic E-state index is 14.1. The SMILES string of the molecule is CCNC(=O)[C@@H](CC)N(Cc1ccccc1Cl)C(=O)CN(c1ccccc1OCC)S(=O)(=O)c1ccccc1. The summed E-state index contributed by atoms with van der Waals surface area (Å²) in [6.45, 7) is 5.56. The van der Waals surface area contributed by atoms with E-state index in [1.165, 1.54) is 17.0 Å². The number of halogens is 1. The van der Waals surface area contributed by atoms with Crippen molar-refractivity contribution in [2.75, 3.05) is 24.0 Å². The van der Waals surface area contributed by atoms with Gasteiger partial charge in [0.05, 0.1) is 17.2 Å². The van der Waals surface area contributed by atoms with Crippen LogP contribution in [0.25, 0.3) is 0 Å². The summed E-state index contributed by atoms with van der Waals surface area (Å²) in [4.78, 5) is 28.5. The highest BCUT2D eigenvalue weighted by molar-refractivity contribution is 7.92. The van der Waals surface area contributed by atoms with Gasteiger partial charge in [-0.3, -0.25) is 13.9 Å². The molecule has 0 aliphatic rings. The Kier molecular flexibility index (Phi) is 10.8. The van der Waals surface area contributed by atoms with Crippen LogP contribution in [0.4, 0.5) is 5.69 Å². The second-order valence-electron chi connectivity index (χ2n) is 8.66. The highest BCUT2D eigenvalue weighted by Gasteiger charge is 2.34. The number of hydrogen-bond donors (Lipinski definition) is 1. The van der Waals surface area contributed by atoms with Crippen LogP contribution < -0.4 is 14.4 Å². The Labute approximate surface area is 235 Å². The molecule has 0 aliphatic carbocycles. The number of nitrogens with zero attached hydrogens (tertiary/aromatic N) is 2. The molecule has 208 valence electrons. The van der Waals surface area contributed by atoms with Crippen LogP contribution in [0.2, 0.25) is 5.02 Å². The van der Waals surface area contributed by atoms with Crippen molar-refractivity contribution in [3.8, 4) is 5.75 Å². The molecule has 0 saturated heterocycles. The second-order valence-corrected chi connectivity index (χ2v) is 10.9. The molecule has 1 N–H and O–H groups in total. The first-order valence-corrected chi connectivity index (χ1v) is 14.7. The highest BCUT2D eigenvalue weighted by Crippen LogP contribution is 2.33. The van der Waals surface area contributed by atoms with Crippen molar-refractivity contribution in [2.24, 2.45) is 0 Å². The lowest BCUT2D eigenvalue weighted by Crippen LogP contribution is -2.52. The van der Waals surface area contributed by atoms with Crippen LogP contribution in [0.5, 0.6) is 5.75 Å². The molecule has 0 aliphatic heterocycles. The number of amides is 2. The Balaban J connectivity index is 2.11. The lowest BCUT2D eigenvalue weighted by Gasteiger charge is -2.33. The summed E-state index contributed by atoms with van der Waals surface area (Å²) in [5, 5.41) is 3.22. The van der Waals surface area contributed by atoms with Gasteiger partial charge in [0.15, 0.2) is 0 Å². The summed E-state index contributed by atoms with van der Waals surface area (Å²) in [6, 6.07) is 20.8. The maximum atomic E-state index is 14.1. The van der Waals surface area contributed by atoms with Crippen molar-refractivity contribution in [3.63, 3.8) is 0 Å². The number of carbonyl (C=O) groups is 2. The molecule has 8 nitrogen and oxygen atoms in total. The minimum Gasteiger partial charge on any atom is -0.492 e. The third kappa shape index (κ3) is 7.30. The standard InChI is InChI=1S/C29H34ClN3O5S/c1-4-25(29(35)31-5-2)32(20-22-14-10-11-17-24(22)30)28(34)21-33(26-18-12-13-19-27(26)38-6-3)39(36,37)23-15-8-7-9-16-23/h7-19,25H,4-6,20-21H2,1-3H3,(H,31,35)/t25-/m1/s1. The Morgan fingerprint density at radius 2 is 1.56 bits per heavy atom. The Hall–Kier alpha value is -3.56. The molecule has 0 bridgehead atoms. The number of likely N-dealkylation sites (N-methyl/N-ethyl adjacent to an activating group) is 1. The van der Waals surface area contributed by atoms with Gasteiger partial charge in [0.2, 0.25) is 11.8 Å². The number of nitrogens with one attached hydrogen (secondary N) is 1. The summed E-state index contributed by atoms with van der Waals surface area (Å²) in [5.74, 6) is -0.563. The van der Waals surface area contributed by atoms with Crippen molar-refractivity contribution in [2.45, 2.75) is 44.7 Å². The predicted octanol–water partition coefficient (Wildman–Crippen LogP) is 4.88. The van der Waals surface area contributed by atoms with Gasteiger partial charge in [-0.2, -0.15) is 0 Å². The fourth-order valence-electron chi connectivity index (χ4n) is 4.20. The first-order chi connectivity index (χ1) is 18.7. The van der Waals surface area contributed by atoms with Gasteiger partial charge in [-0.1, -0.05) is 67.1 Å². The largest absolute Gasteiger partial charge is 0.492 e. The highest BCUT2D eigenvalue weighted by atomic mass is 35.5. The first kappa shape index (κ1) is 30.0. The topological polar surface area (TPSA) is 96.0 Å². The molecule has 3 aromatic rings. The number of anilines is 1. The quantitative estimate of drug-likeness (QED) is 0.315. The van der Waals surface area contributed by atoms with Crippen molar-refractivity contribution in [3.05, 3.63) is 89.4 Å². The molecule has 0 unspecified atom stereocenters. The van der Waals surface area contributed by atoms with E-state index in [9.17, 15) is 18.0 Å². The minimum atomic E-state index is -4.19. The molecule has 10 heteroatoms. The molecule has 1 atom stereocenters. The molecule has 0 spiro atoms. The molecule has 0 heterocycles. The first-order valence-electron chi connectivity index (χ1n) is 12.8. The zero-order valence-electron chi connectivity index (χ0n) is 22.3. The molecule has 2 amide bonds. The summed E-state index contributed by atoms with van der Waals surface area (Å²) in [6.07, 6.45) is 0.322. The van der Waals surface area contributed by atoms with Crippen molar-refractivity contribution in [1.82, 2.24) is 10.2 Å². The van der Waals surface area contributed by atoms with Crippen molar-refractivity contribution < 1.29 is 22.7 Å².